The number of hydrogen-bond donors (Lipinski definition) is 1. The van der Waals surface area contributed by atoms with Crippen LogP contribution in [-0.4, -0.2) is 35.6 Å². The van der Waals surface area contributed by atoms with E-state index < -0.39 is 5.91 Å². The molecule has 162 valence electrons. The molecule has 0 bridgehead atoms. The van der Waals surface area contributed by atoms with Crippen LogP contribution in [0.15, 0.2) is 52.4 Å². The average Bonchev–Trinajstić information content (AvgIpc) is 2.79. The SMILES string of the molecule is CCCCn1nc(C(=O)N/N=C/c2ccc(OCC)c(OC)c2)c2ccccc2c1=O. The van der Waals surface area contributed by atoms with Crippen molar-refractivity contribution < 1.29 is 14.3 Å². The summed E-state index contributed by atoms with van der Waals surface area (Å²) in [6.07, 6.45) is 3.22. The summed E-state index contributed by atoms with van der Waals surface area (Å²) in [5, 5.41) is 9.30. The highest BCUT2D eigenvalue weighted by Crippen LogP contribution is 2.27. The number of carbonyl (C=O) groups is 1. The zero-order valence-corrected chi connectivity index (χ0v) is 17.9. The maximum atomic E-state index is 12.8. The van der Waals surface area contributed by atoms with Crippen molar-refractivity contribution in [3.63, 3.8) is 0 Å². The number of hydrogen-bond acceptors (Lipinski definition) is 6. The Kier molecular flexibility index (Phi) is 7.37. The van der Waals surface area contributed by atoms with E-state index in [1.54, 1.807) is 43.5 Å². The quantitative estimate of drug-likeness (QED) is 0.421. The molecule has 0 fully saturated rings. The van der Waals surface area contributed by atoms with E-state index in [1.165, 1.54) is 10.9 Å². The van der Waals surface area contributed by atoms with Gasteiger partial charge in [-0.15, -0.1) is 0 Å². The van der Waals surface area contributed by atoms with Crippen LogP contribution < -0.4 is 20.5 Å². The predicted octanol–water partition coefficient (Wildman–Crippen LogP) is 3.37. The second kappa shape index (κ2) is 10.4. The predicted molar refractivity (Wildman–Crippen MR) is 120 cm³/mol. The highest BCUT2D eigenvalue weighted by molar-refractivity contribution is 6.05. The fraction of sp³-hybridized carbons (Fsp3) is 0.304. The number of hydrazone groups is 1. The van der Waals surface area contributed by atoms with Gasteiger partial charge in [-0.3, -0.25) is 9.59 Å². The molecule has 1 aromatic heterocycles. The summed E-state index contributed by atoms with van der Waals surface area (Å²) in [5.41, 5.74) is 3.19. The minimum absolute atomic E-state index is 0.160. The first-order valence-electron chi connectivity index (χ1n) is 10.2. The lowest BCUT2D eigenvalue weighted by Crippen LogP contribution is -2.29. The molecule has 31 heavy (non-hydrogen) atoms. The van der Waals surface area contributed by atoms with Gasteiger partial charge in [0, 0.05) is 11.9 Å². The van der Waals surface area contributed by atoms with E-state index >= 15 is 0 Å². The largest absolute Gasteiger partial charge is 0.493 e. The first-order valence-corrected chi connectivity index (χ1v) is 10.2. The molecule has 2 aromatic carbocycles. The molecule has 3 aromatic rings. The molecule has 0 saturated heterocycles. The molecule has 0 atom stereocenters. The van der Waals surface area contributed by atoms with Gasteiger partial charge in [0.1, 0.15) is 0 Å². The van der Waals surface area contributed by atoms with Crippen molar-refractivity contribution in [1.82, 2.24) is 15.2 Å². The van der Waals surface area contributed by atoms with Gasteiger partial charge in [0.15, 0.2) is 17.2 Å². The van der Waals surface area contributed by atoms with E-state index in [0.29, 0.717) is 35.4 Å². The lowest BCUT2D eigenvalue weighted by Gasteiger charge is -2.10. The molecule has 0 saturated carbocycles. The van der Waals surface area contributed by atoms with Crippen LogP contribution in [-0.2, 0) is 6.54 Å². The zero-order chi connectivity index (χ0) is 22.2. The highest BCUT2D eigenvalue weighted by Gasteiger charge is 2.16. The Morgan fingerprint density at radius 3 is 2.65 bits per heavy atom. The first kappa shape index (κ1) is 22.0. The van der Waals surface area contributed by atoms with Crippen molar-refractivity contribution in [3.05, 3.63) is 64.1 Å². The maximum absolute atomic E-state index is 12.8. The standard InChI is InChI=1S/C23H26N4O4/c1-4-6-13-27-23(29)18-10-8-7-9-17(18)21(26-27)22(28)25-24-15-16-11-12-19(31-5-2)20(14-16)30-3/h7-12,14-15H,4-6,13H2,1-3H3,(H,25,28)/b24-15+. The molecular weight excluding hydrogens is 396 g/mol. The molecule has 0 unspecified atom stereocenters. The van der Waals surface area contributed by atoms with Crippen molar-refractivity contribution in [2.45, 2.75) is 33.2 Å². The number of aryl methyl sites for hydroxylation is 1. The summed E-state index contributed by atoms with van der Waals surface area (Å²) in [5.74, 6) is 0.722. The van der Waals surface area contributed by atoms with Crippen LogP contribution in [0.25, 0.3) is 10.8 Å². The fourth-order valence-corrected chi connectivity index (χ4v) is 3.12. The van der Waals surface area contributed by atoms with Crippen LogP contribution in [0.3, 0.4) is 0 Å². The summed E-state index contributed by atoms with van der Waals surface area (Å²) in [6.45, 7) is 4.91. The number of benzene rings is 2. The number of aromatic nitrogens is 2. The van der Waals surface area contributed by atoms with Gasteiger partial charge >= 0.3 is 0 Å². The molecule has 1 heterocycles. The fourth-order valence-electron chi connectivity index (χ4n) is 3.12. The van der Waals surface area contributed by atoms with Gasteiger partial charge in [0.25, 0.3) is 11.5 Å². The Balaban J connectivity index is 1.85. The monoisotopic (exact) mass is 422 g/mol. The normalized spacial score (nSPS) is 11.1. The number of fused-ring (bicyclic) bond motifs is 1. The highest BCUT2D eigenvalue weighted by atomic mass is 16.5. The van der Waals surface area contributed by atoms with Crippen LogP contribution in [0.2, 0.25) is 0 Å². The Hall–Kier alpha value is -3.68. The summed E-state index contributed by atoms with van der Waals surface area (Å²) in [6, 6.07) is 12.3. The van der Waals surface area contributed by atoms with Crippen molar-refractivity contribution in [1.29, 1.82) is 0 Å². The number of ether oxygens (including phenoxy) is 2. The maximum Gasteiger partial charge on any atom is 0.292 e. The molecule has 8 nitrogen and oxygen atoms in total. The van der Waals surface area contributed by atoms with Gasteiger partial charge in [-0.05, 0) is 43.2 Å². The Bertz CT molecular complexity index is 1150. The van der Waals surface area contributed by atoms with Crippen molar-refractivity contribution in [3.8, 4) is 11.5 Å². The van der Waals surface area contributed by atoms with E-state index in [0.717, 1.165) is 18.4 Å². The number of methoxy groups -OCH3 is 1. The van der Waals surface area contributed by atoms with Gasteiger partial charge in [0.2, 0.25) is 0 Å². The second-order valence-corrected chi connectivity index (χ2v) is 6.82. The lowest BCUT2D eigenvalue weighted by atomic mass is 10.1. The van der Waals surface area contributed by atoms with Crippen molar-refractivity contribution in [2.24, 2.45) is 5.10 Å². The Morgan fingerprint density at radius 2 is 1.94 bits per heavy atom. The van der Waals surface area contributed by atoms with E-state index in [1.807, 2.05) is 19.9 Å². The number of rotatable bonds is 9. The van der Waals surface area contributed by atoms with E-state index in [-0.39, 0.29) is 11.3 Å². The van der Waals surface area contributed by atoms with Gasteiger partial charge in [-0.25, -0.2) is 10.1 Å². The van der Waals surface area contributed by atoms with Crippen LogP contribution >= 0.6 is 0 Å². The number of unbranched alkanes of at least 4 members (excludes halogenated alkanes) is 1. The van der Waals surface area contributed by atoms with Crippen LogP contribution in [0.1, 0.15) is 42.7 Å². The molecule has 0 radical (unpaired) electrons. The van der Waals surface area contributed by atoms with Crippen molar-refractivity contribution >= 4 is 22.9 Å². The summed E-state index contributed by atoms with van der Waals surface area (Å²) >= 11 is 0. The Morgan fingerprint density at radius 1 is 1.16 bits per heavy atom. The third-order valence-electron chi connectivity index (χ3n) is 4.67. The second-order valence-electron chi connectivity index (χ2n) is 6.82. The van der Waals surface area contributed by atoms with Gasteiger partial charge < -0.3 is 9.47 Å². The molecule has 0 spiro atoms. The third kappa shape index (κ3) is 5.09. The topological polar surface area (TPSA) is 94.8 Å². The summed E-state index contributed by atoms with van der Waals surface area (Å²) < 4.78 is 12.2. The number of nitrogens with one attached hydrogen (secondary N) is 1. The molecule has 1 N–H and O–H groups in total. The molecule has 0 aliphatic heterocycles. The van der Waals surface area contributed by atoms with Crippen LogP contribution in [0.5, 0.6) is 11.5 Å². The molecular formula is C23H26N4O4. The van der Waals surface area contributed by atoms with Crippen LogP contribution in [0.4, 0.5) is 0 Å². The summed E-state index contributed by atoms with van der Waals surface area (Å²) in [4.78, 5) is 25.5. The molecule has 3 rings (SSSR count). The minimum atomic E-state index is -0.490. The van der Waals surface area contributed by atoms with Crippen molar-refractivity contribution in [2.75, 3.05) is 13.7 Å². The smallest absolute Gasteiger partial charge is 0.292 e. The molecule has 8 heteroatoms. The molecule has 1 amide bonds. The Labute approximate surface area is 180 Å². The number of nitrogens with zero attached hydrogens (tertiary/aromatic N) is 3. The van der Waals surface area contributed by atoms with E-state index in [4.69, 9.17) is 9.47 Å². The molecule has 0 aliphatic rings. The van der Waals surface area contributed by atoms with Gasteiger partial charge in [-0.1, -0.05) is 31.5 Å². The first-order chi connectivity index (χ1) is 15.1. The molecule has 0 aliphatic carbocycles. The third-order valence-corrected chi connectivity index (χ3v) is 4.67. The van der Waals surface area contributed by atoms with Gasteiger partial charge in [0.05, 0.1) is 25.3 Å². The zero-order valence-electron chi connectivity index (χ0n) is 17.9. The average molecular weight is 422 g/mol. The number of amides is 1. The van der Waals surface area contributed by atoms with E-state index in [2.05, 4.69) is 15.6 Å². The number of carbonyl (C=O) groups excluding carboxylic acids is 1. The van der Waals surface area contributed by atoms with E-state index in [9.17, 15) is 9.59 Å². The van der Waals surface area contributed by atoms with Crippen LogP contribution in [0, 0.1) is 0 Å². The van der Waals surface area contributed by atoms with Gasteiger partial charge in [-0.2, -0.15) is 10.2 Å². The summed E-state index contributed by atoms with van der Waals surface area (Å²) in [7, 11) is 1.56. The minimum Gasteiger partial charge on any atom is -0.493 e. The lowest BCUT2D eigenvalue weighted by molar-refractivity contribution is 0.0949.